The number of benzene rings is 2. The molecular formula is C24H24FN7O2. The average Bonchev–Trinajstić information content (AvgIpc) is 3.39. The second-order valence-electron chi connectivity index (χ2n) is 8.63. The monoisotopic (exact) mass is 461 g/mol. The van der Waals surface area contributed by atoms with E-state index in [-0.39, 0.29) is 23.7 Å². The molecule has 0 bridgehead atoms. The lowest BCUT2D eigenvalue weighted by Gasteiger charge is -2.46. The van der Waals surface area contributed by atoms with Gasteiger partial charge in [0, 0.05) is 26.2 Å². The minimum atomic E-state index is -0.499. The number of aromatic nitrogens is 4. The minimum Gasteiger partial charge on any atom is -0.371 e. The van der Waals surface area contributed by atoms with Gasteiger partial charge in [-0.2, -0.15) is 0 Å². The Balaban J connectivity index is 1.22. The van der Waals surface area contributed by atoms with Crippen molar-refractivity contribution in [1.82, 2.24) is 30.0 Å². The number of ether oxygens (including phenoxy) is 1. The van der Waals surface area contributed by atoms with E-state index in [1.165, 1.54) is 12.4 Å². The number of carbonyl (C=O) groups excluding carboxylic acids is 1. The van der Waals surface area contributed by atoms with E-state index >= 15 is 0 Å². The van der Waals surface area contributed by atoms with Crippen LogP contribution in [0.3, 0.4) is 0 Å². The third kappa shape index (κ3) is 4.27. The molecule has 2 atom stereocenters. The van der Waals surface area contributed by atoms with Gasteiger partial charge >= 0.3 is 0 Å². The van der Waals surface area contributed by atoms with Gasteiger partial charge in [0.05, 0.1) is 37.4 Å². The van der Waals surface area contributed by atoms with E-state index in [9.17, 15) is 9.18 Å². The van der Waals surface area contributed by atoms with Crippen molar-refractivity contribution < 1.29 is 13.9 Å². The number of tetrazole rings is 1. The number of morpholine rings is 1. The van der Waals surface area contributed by atoms with Crippen molar-refractivity contribution in [3.8, 4) is 5.69 Å². The molecule has 0 aliphatic carbocycles. The molecular weight excluding hydrogens is 437 g/mol. The smallest absolute Gasteiger partial charge is 0.227 e. The molecule has 0 N–H and O–H groups in total. The first-order valence-corrected chi connectivity index (χ1v) is 11.2. The highest BCUT2D eigenvalue weighted by atomic mass is 19.1. The normalized spacial score (nSPS) is 20.6. The quantitative estimate of drug-likeness (QED) is 0.556. The molecule has 0 radical (unpaired) electrons. The van der Waals surface area contributed by atoms with Crippen LogP contribution in [0.15, 0.2) is 42.7 Å². The maximum atomic E-state index is 13.9. The van der Waals surface area contributed by atoms with Gasteiger partial charge in [-0.1, -0.05) is 18.2 Å². The molecule has 2 aromatic carbocycles. The Bertz CT molecular complexity index is 1240. The van der Waals surface area contributed by atoms with Gasteiger partial charge in [0.2, 0.25) is 11.6 Å². The SMILES string of the molecule is [C-]#[N+]c1c(F)ccc([C@H]2CN3CCN(C(=O)Cc4cccc(-n5cnnn5)c4)C[C@H]3CO2)c1C. The fourth-order valence-corrected chi connectivity index (χ4v) is 4.74. The van der Waals surface area contributed by atoms with Crippen LogP contribution in [0.2, 0.25) is 0 Å². The van der Waals surface area contributed by atoms with Crippen LogP contribution in [0, 0.1) is 19.3 Å². The summed E-state index contributed by atoms with van der Waals surface area (Å²) < 4.78 is 21.6. The zero-order chi connectivity index (χ0) is 23.7. The van der Waals surface area contributed by atoms with Crippen LogP contribution in [0.4, 0.5) is 10.1 Å². The molecule has 5 rings (SSSR count). The Labute approximate surface area is 196 Å². The molecule has 0 spiro atoms. The Morgan fingerprint density at radius 3 is 2.94 bits per heavy atom. The highest BCUT2D eigenvalue weighted by molar-refractivity contribution is 5.79. The number of fused-ring (bicyclic) bond motifs is 1. The molecule has 3 heterocycles. The van der Waals surface area contributed by atoms with E-state index in [0.29, 0.717) is 38.2 Å². The fourth-order valence-electron chi connectivity index (χ4n) is 4.74. The maximum Gasteiger partial charge on any atom is 0.227 e. The molecule has 0 saturated carbocycles. The lowest BCUT2D eigenvalue weighted by Crippen LogP contribution is -2.59. The number of hydrogen-bond donors (Lipinski definition) is 0. The number of carbonyl (C=O) groups is 1. The lowest BCUT2D eigenvalue weighted by atomic mass is 9.98. The number of rotatable bonds is 4. The summed E-state index contributed by atoms with van der Waals surface area (Å²) in [6.07, 6.45) is 1.61. The van der Waals surface area contributed by atoms with Gasteiger partial charge in [-0.25, -0.2) is 13.9 Å². The van der Waals surface area contributed by atoms with Crippen molar-refractivity contribution in [3.05, 3.63) is 76.7 Å². The summed E-state index contributed by atoms with van der Waals surface area (Å²) in [5.74, 6) is -0.424. The van der Waals surface area contributed by atoms with E-state index in [2.05, 4.69) is 25.3 Å². The summed E-state index contributed by atoms with van der Waals surface area (Å²) in [6.45, 7) is 12.2. The van der Waals surface area contributed by atoms with Crippen molar-refractivity contribution in [1.29, 1.82) is 0 Å². The van der Waals surface area contributed by atoms with Crippen molar-refractivity contribution in [2.75, 3.05) is 32.8 Å². The van der Waals surface area contributed by atoms with Gasteiger partial charge in [0.25, 0.3) is 0 Å². The minimum absolute atomic E-state index is 0.0581. The van der Waals surface area contributed by atoms with E-state index in [1.807, 2.05) is 29.2 Å². The fraction of sp³-hybridized carbons (Fsp3) is 0.375. The highest BCUT2D eigenvalue weighted by Crippen LogP contribution is 2.34. The third-order valence-corrected chi connectivity index (χ3v) is 6.61. The van der Waals surface area contributed by atoms with Gasteiger partial charge in [0.1, 0.15) is 12.1 Å². The van der Waals surface area contributed by atoms with Crippen LogP contribution in [0.5, 0.6) is 0 Å². The molecule has 2 aliphatic heterocycles. The van der Waals surface area contributed by atoms with Crippen molar-refractivity contribution in [2.45, 2.75) is 25.5 Å². The Kier molecular flexibility index (Phi) is 6.04. The summed E-state index contributed by atoms with van der Waals surface area (Å²) in [6, 6.07) is 10.8. The average molecular weight is 462 g/mol. The molecule has 2 fully saturated rings. The van der Waals surface area contributed by atoms with Crippen molar-refractivity contribution in [2.24, 2.45) is 0 Å². The molecule has 2 saturated heterocycles. The lowest BCUT2D eigenvalue weighted by molar-refractivity contribution is -0.139. The molecule has 34 heavy (non-hydrogen) atoms. The number of hydrogen-bond acceptors (Lipinski definition) is 6. The molecule has 174 valence electrons. The Morgan fingerprint density at radius 1 is 1.26 bits per heavy atom. The van der Waals surface area contributed by atoms with Crippen LogP contribution in [0.1, 0.15) is 22.8 Å². The van der Waals surface area contributed by atoms with Crippen LogP contribution in [0.25, 0.3) is 10.5 Å². The summed E-state index contributed by atoms with van der Waals surface area (Å²) in [7, 11) is 0. The second kappa shape index (κ2) is 9.29. The molecule has 3 aromatic rings. The Hall–Kier alpha value is -3.68. The number of nitrogens with zero attached hydrogens (tertiary/aromatic N) is 7. The Morgan fingerprint density at radius 2 is 2.15 bits per heavy atom. The molecule has 9 nitrogen and oxygen atoms in total. The zero-order valence-electron chi connectivity index (χ0n) is 18.8. The van der Waals surface area contributed by atoms with E-state index < -0.39 is 5.82 Å². The molecule has 10 heteroatoms. The second-order valence-corrected chi connectivity index (χ2v) is 8.63. The van der Waals surface area contributed by atoms with E-state index in [1.54, 1.807) is 17.7 Å². The van der Waals surface area contributed by atoms with Crippen LogP contribution < -0.4 is 0 Å². The third-order valence-electron chi connectivity index (χ3n) is 6.61. The summed E-state index contributed by atoms with van der Waals surface area (Å²) in [4.78, 5) is 20.6. The molecule has 1 aromatic heterocycles. The zero-order valence-corrected chi connectivity index (χ0v) is 18.8. The number of halogens is 1. The first-order chi connectivity index (χ1) is 16.5. The first-order valence-electron chi connectivity index (χ1n) is 11.2. The summed E-state index contributed by atoms with van der Waals surface area (Å²) in [5, 5.41) is 11.2. The van der Waals surface area contributed by atoms with Crippen molar-refractivity contribution in [3.63, 3.8) is 0 Å². The topological polar surface area (TPSA) is 80.7 Å². The molecule has 2 aliphatic rings. The largest absolute Gasteiger partial charge is 0.371 e. The van der Waals surface area contributed by atoms with Gasteiger partial charge in [-0.05, 0) is 52.2 Å². The summed E-state index contributed by atoms with van der Waals surface area (Å²) >= 11 is 0. The predicted molar refractivity (Wildman–Crippen MR) is 121 cm³/mol. The van der Waals surface area contributed by atoms with Crippen LogP contribution >= 0.6 is 0 Å². The molecule has 0 unspecified atom stereocenters. The van der Waals surface area contributed by atoms with Gasteiger partial charge < -0.3 is 9.64 Å². The van der Waals surface area contributed by atoms with E-state index in [0.717, 1.165) is 23.4 Å². The van der Waals surface area contributed by atoms with Gasteiger partial charge in [-0.3, -0.25) is 9.69 Å². The highest BCUT2D eigenvalue weighted by Gasteiger charge is 2.36. The predicted octanol–water partition coefficient (Wildman–Crippen LogP) is 2.49. The van der Waals surface area contributed by atoms with Gasteiger partial charge in [-0.15, -0.1) is 5.10 Å². The first kappa shape index (κ1) is 22.1. The van der Waals surface area contributed by atoms with Crippen LogP contribution in [-0.2, 0) is 16.0 Å². The number of piperazine rings is 1. The van der Waals surface area contributed by atoms with Gasteiger partial charge in [0.15, 0.2) is 0 Å². The van der Waals surface area contributed by atoms with E-state index in [4.69, 9.17) is 11.3 Å². The molecule has 1 amide bonds. The maximum absolute atomic E-state index is 13.9. The standard InChI is InChI=1S/C24H24FN7O2/c1-16-20(6-7-21(25)24(16)26-2)22-13-30-8-9-31(12-19(30)14-34-22)23(33)11-17-4-3-5-18(10-17)32-15-27-28-29-32/h3-7,10,15,19,22H,8-9,11-14H2,1H3/t19-,22+/m0/s1. The van der Waals surface area contributed by atoms with Crippen molar-refractivity contribution >= 4 is 11.6 Å². The van der Waals surface area contributed by atoms with Crippen LogP contribution in [-0.4, -0.2) is 74.7 Å². The summed E-state index contributed by atoms with van der Waals surface area (Å²) in [5.41, 5.74) is 3.26. The number of amides is 1.